The first-order chi connectivity index (χ1) is 7.74. The van der Waals surface area contributed by atoms with Crippen molar-refractivity contribution >= 4 is 0 Å². The maximum absolute atomic E-state index is 4.07. The third kappa shape index (κ3) is 4.53. The Bertz CT molecular complexity index is 308. The maximum Gasteiger partial charge on any atom is 0.115 e. The van der Waals surface area contributed by atoms with Crippen molar-refractivity contribution in [2.24, 2.45) is 0 Å². The second-order valence-electron chi connectivity index (χ2n) is 4.17. The van der Waals surface area contributed by atoms with Crippen LogP contribution in [0, 0.1) is 0 Å². The smallest absolute Gasteiger partial charge is 0.115 e. The number of nitrogens with one attached hydrogen (secondary N) is 1. The number of nitrogens with zero attached hydrogens (tertiary/aromatic N) is 2. The van der Waals surface area contributed by atoms with E-state index in [-0.39, 0.29) is 0 Å². The summed E-state index contributed by atoms with van der Waals surface area (Å²) in [5, 5.41) is 3.52. The van der Waals surface area contributed by atoms with Crippen molar-refractivity contribution < 1.29 is 0 Å². The molecule has 1 atom stereocenters. The van der Waals surface area contributed by atoms with Gasteiger partial charge in [0.05, 0.1) is 0 Å². The summed E-state index contributed by atoms with van der Waals surface area (Å²) in [5.74, 6) is 0. The summed E-state index contributed by atoms with van der Waals surface area (Å²) in [5.41, 5.74) is 2.39. The van der Waals surface area contributed by atoms with Crippen molar-refractivity contribution in [1.29, 1.82) is 0 Å². The number of rotatable bonds is 7. The van der Waals surface area contributed by atoms with E-state index < -0.39 is 0 Å². The van der Waals surface area contributed by atoms with Crippen LogP contribution in [-0.2, 0) is 0 Å². The molecule has 1 unspecified atom stereocenters. The van der Waals surface area contributed by atoms with Crippen molar-refractivity contribution in [1.82, 2.24) is 15.3 Å². The zero-order valence-electron chi connectivity index (χ0n) is 10.2. The molecule has 0 saturated heterocycles. The summed E-state index contributed by atoms with van der Waals surface area (Å²) in [6.45, 7) is 9.20. The van der Waals surface area contributed by atoms with Gasteiger partial charge >= 0.3 is 0 Å². The average molecular weight is 219 g/mol. The van der Waals surface area contributed by atoms with Gasteiger partial charge in [0.2, 0.25) is 0 Å². The van der Waals surface area contributed by atoms with Gasteiger partial charge in [0.15, 0.2) is 0 Å². The fraction of sp³-hybridized carbons (Fsp3) is 0.538. The fourth-order valence-corrected chi connectivity index (χ4v) is 1.59. The standard InChI is InChI=1S/C13H21N3/c1-4-7-16-13(6-5-11(2)3)12-8-14-10-15-9-12/h8-10,13,16H,2,4-7H2,1,3H3. The lowest BCUT2D eigenvalue weighted by Gasteiger charge is -2.18. The number of hydrogen-bond acceptors (Lipinski definition) is 3. The van der Waals surface area contributed by atoms with Gasteiger partial charge in [-0.3, -0.25) is 0 Å². The molecule has 1 heterocycles. The molecule has 0 aliphatic carbocycles. The third-order valence-electron chi connectivity index (χ3n) is 2.48. The van der Waals surface area contributed by atoms with E-state index in [0.29, 0.717) is 6.04 Å². The van der Waals surface area contributed by atoms with Crippen LogP contribution in [0.3, 0.4) is 0 Å². The van der Waals surface area contributed by atoms with E-state index in [9.17, 15) is 0 Å². The topological polar surface area (TPSA) is 37.8 Å². The summed E-state index contributed by atoms with van der Waals surface area (Å²) < 4.78 is 0. The first-order valence-electron chi connectivity index (χ1n) is 5.86. The van der Waals surface area contributed by atoms with Gasteiger partial charge in [-0.05, 0) is 32.7 Å². The highest BCUT2D eigenvalue weighted by Crippen LogP contribution is 2.18. The SMILES string of the molecule is C=C(C)CCC(NCCC)c1cncnc1. The lowest BCUT2D eigenvalue weighted by molar-refractivity contribution is 0.496. The molecule has 88 valence electrons. The minimum atomic E-state index is 0.345. The first kappa shape index (κ1) is 12.8. The van der Waals surface area contributed by atoms with E-state index in [1.54, 1.807) is 6.33 Å². The van der Waals surface area contributed by atoms with E-state index in [2.05, 4.69) is 35.7 Å². The largest absolute Gasteiger partial charge is 0.310 e. The van der Waals surface area contributed by atoms with Crippen molar-refractivity contribution in [3.8, 4) is 0 Å². The molecular formula is C13H21N3. The minimum absolute atomic E-state index is 0.345. The zero-order chi connectivity index (χ0) is 11.8. The van der Waals surface area contributed by atoms with Crippen LogP contribution in [0.15, 0.2) is 30.9 Å². The number of allylic oxidation sites excluding steroid dienone is 1. The molecule has 1 N–H and O–H groups in total. The van der Waals surface area contributed by atoms with Gasteiger partial charge in [-0.25, -0.2) is 9.97 Å². The van der Waals surface area contributed by atoms with Crippen LogP contribution in [0.5, 0.6) is 0 Å². The van der Waals surface area contributed by atoms with Crippen LogP contribution >= 0.6 is 0 Å². The Morgan fingerprint density at radius 2 is 2.12 bits per heavy atom. The van der Waals surface area contributed by atoms with Gasteiger partial charge in [0.1, 0.15) is 6.33 Å². The van der Waals surface area contributed by atoms with Gasteiger partial charge in [0, 0.05) is 24.0 Å². The van der Waals surface area contributed by atoms with E-state index in [4.69, 9.17) is 0 Å². The van der Waals surface area contributed by atoms with Crippen LogP contribution in [0.4, 0.5) is 0 Å². The normalized spacial score (nSPS) is 12.4. The molecule has 0 aliphatic rings. The molecule has 0 aliphatic heterocycles. The minimum Gasteiger partial charge on any atom is -0.310 e. The molecule has 16 heavy (non-hydrogen) atoms. The summed E-state index contributed by atoms with van der Waals surface area (Å²) in [4.78, 5) is 8.13. The van der Waals surface area contributed by atoms with Gasteiger partial charge in [0.25, 0.3) is 0 Å². The highest BCUT2D eigenvalue weighted by molar-refractivity contribution is 5.09. The average Bonchev–Trinajstić information content (AvgIpc) is 2.30. The van der Waals surface area contributed by atoms with E-state index in [1.165, 1.54) is 5.57 Å². The van der Waals surface area contributed by atoms with Gasteiger partial charge < -0.3 is 5.32 Å². The Hall–Kier alpha value is -1.22. The highest BCUT2D eigenvalue weighted by Gasteiger charge is 2.10. The molecular weight excluding hydrogens is 198 g/mol. The van der Waals surface area contributed by atoms with Gasteiger partial charge in [-0.1, -0.05) is 12.5 Å². The maximum atomic E-state index is 4.07. The molecule has 0 aromatic carbocycles. The summed E-state index contributed by atoms with van der Waals surface area (Å²) in [7, 11) is 0. The fourth-order valence-electron chi connectivity index (χ4n) is 1.59. The Morgan fingerprint density at radius 1 is 1.44 bits per heavy atom. The third-order valence-corrected chi connectivity index (χ3v) is 2.48. The Balaban J connectivity index is 2.59. The van der Waals surface area contributed by atoms with Crippen molar-refractivity contribution in [3.63, 3.8) is 0 Å². The summed E-state index contributed by atoms with van der Waals surface area (Å²) >= 11 is 0. The molecule has 3 nitrogen and oxygen atoms in total. The van der Waals surface area contributed by atoms with Crippen LogP contribution in [0.2, 0.25) is 0 Å². The predicted octanol–water partition coefficient (Wildman–Crippen LogP) is 2.87. The highest BCUT2D eigenvalue weighted by atomic mass is 14.9. The molecule has 0 radical (unpaired) electrons. The predicted molar refractivity (Wildman–Crippen MR) is 67.1 cm³/mol. The van der Waals surface area contributed by atoms with Crippen LogP contribution < -0.4 is 5.32 Å². The molecule has 1 rings (SSSR count). The van der Waals surface area contributed by atoms with Gasteiger partial charge in [-0.15, -0.1) is 6.58 Å². The molecule has 1 aromatic rings. The molecule has 0 saturated carbocycles. The first-order valence-corrected chi connectivity index (χ1v) is 5.86. The second-order valence-corrected chi connectivity index (χ2v) is 4.17. The lowest BCUT2D eigenvalue weighted by atomic mass is 10.0. The summed E-state index contributed by atoms with van der Waals surface area (Å²) in [6, 6.07) is 0.345. The van der Waals surface area contributed by atoms with E-state index >= 15 is 0 Å². The molecule has 1 aromatic heterocycles. The van der Waals surface area contributed by atoms with Crippen molar-refractivity contribution in [2.75, 3.05) is 6.54 Å². The van der Waals surface area contributed by atoms with Crippen molar-refractivity contribution in [3.05, 3.63) is 36.4 Å². The molecule has 3 heteroatoms. The lowest BCUT2D eigenvalue weighted by Crippen LogP contribution is -2.22. The Kier molecular flexibility index (Phi) is 5.72. The second kappa shape index (κ2) is 7.12. The van der Waals surface area contributed by atoms with Crippen LogP contribution in [0.25, 0.3) is 0 Å². The number of aromatic nitrogens is 2. The zero-order valence-corrected chi connectivity index (χ0v) is 10.2. The quantitative estimate of drug-likeness (QED) is 0.717. The summed E-state index contributed by atoms with van der Waals surface area (Å²) in [6.07, 6.45) is 8.58. The monoisotopic (exact) mass is 219 g/mol. The Morgan fingerprint density at radius 3 is 2.69 bits per heavy atom. The molecule has 0 fully saturated rings. The van der Waals surface area contributed by atoms with Crippen LogP contribution in [-0.4, -0.2) is 16.5 Å². The van der Waals surface area contributed by atoms with E-state index in [0.717, 1.165) is 31.4 Å². The van der Waals surface area contributed by atoms with Crippen LogP contribution in [0.1, 0.15) is 44.7 Å². The number of hydrogen-bond donors (Lipinski definition) is 1. The molecule has 0 amide bonds. The van der Waals surface area contributed by atoms with E-state index in [1.807, 2.05) is 12.4 Å². The van der Waals surface area contributed by atoms with Crippen molar-refractivity contribution in [2.45, 2.75) is 39.2 Å². The van der Waals surface area contributed by atoms with Gasteiger partial charge in [-0.2, -0.15) is 0 Å². The Labute approximate surface area is 98.0 Å². The molecule has 0 bridgehead atoms. The molecule has 0 spiro atoms.